The summed E-state index contributed by atoms with van der Waals surface area (Å²) in [5.41, 5.74) is 1.16. The van der Waals surface area contributed by atoms with E-state index in [1.807, 2.05) is 18.2 Å². The third kappa shape index (κ3) is 2.15. The van der Waals surface area contributed by atoms with Crippen molar-refractivity contribution < 1.29 is 0 Å². The van der Waals surface area contributed by atoms with Crippen LogP contribution in [0, 0.1) is 0 Å². The lowest BCUT2D eigenvalue weighted by Crippen LogP contribution is -2.25. The molecule has 2 heteroatoms. The summed E-state index contributed by atoms with van der Waals surface area (Å²) >= 11 is 5.87. The van der Waals surface area contributed by atoms with Crippen molar-refractivity contribution in [3.63, 3.8) is 0 Å². The fraction of sp³-hybridized carbons (Fsp3) is 0.400. The first kappa shape index (κ1) is 9.40. The van der Waals surface area contributed by atoms with Crippen LogP contribution >= 0.6 is 11.6 Å². The van der Waals surface area contributed by atoms with Gasteiger partial charge in [-0.2, -0.15) is 0 Å². The Kier molecular flexibility index (Phi) is 2.99. The van der Waals surface area contributed by atoms with Crippen molar-refractivity contribution >= 4 is 17.3 Å². The van der Waals surface area contributed by atoms with Crippen LogP contribution in [0.1, 0.15) is 13.8 Å². The number of hydrogen-bond donors (Lipinski definition) is 0. The Bertz CT molecular complexity index is 258. The lowest BCUT2D eigenvalue weighted by molar-refractivity contribution is 0.755. The maximum absolute atomic E-state index is 5.87. The van der Waals surface area contributed by atoms with Gasteiger partial charge in [-0.25, -0.2) is 0 Å². The molecule has 1 aromatic carbocycles. The van der Waals surface area contributed by atoms with Gasteiger partial charge in [0.1, 0.15) is 0 Å². The van der Waals surface area contributed by atoms with Gasteiger partial charge in [-0.15, -0.1) is 0 Å². The molecular formula is C10H14ClN. The van der Waals surface area contributed by atoms with E-state index in [0.29, 0.717) is 6.04 Å². The minimum Gasteiger partial charge on any atom is -0.372 e. The molecule has 0 aliphatic rings. The van der Waals surface area contributed by atoms with Crippen LogP contribution in [0.5, 0.6) is 0 Å². The Morgan fingerprint density at radius 1 is 1.33 bits per heavy atom. The zero-order valence-electron chi connectivity index (χ0n) is 7.71. The van der Waals surface area contributed by atoms with E-state index < -0.39 is 0 Å². The quantitative estimate of drug-likeness (QED) is 0.681. The predicted molar refractivity (Wildman–Crippen MR) is 55.0 cm³/mol. The molecule has 0 aliphatic carbocycles. The molecule has 0 aromatic heterocycles. The van der Waals surface area contributed by atoms with Crippen LogP contribution in [-0.2, 0) is 0 Å². The highest BCUT2D eigenvalue weighted by molar-refractivity contribution is 6.30. The summed E-state index contributed by atoms with van der Waals surface area (Å²) in [7, 11) is 2.07. The van der Waals surface area contributed by atoms with Crippen molar-refractivity contribution in [3.05, 3.63) is 29.3 Å². The number of halogens is 1. The Morgan fingerprint density at radius 2 is 2.00 bits per heavy atom. The number of rotatable bonds is 2. The summed E-state index contributed by atoms with van der Waals surface area (Å²) in [6.45, 7) is 4.31. The zero-order valence-corrected chi connectivity index (χ0v) is 8.47. The standard InChI is InChI=1S/C10H14ClN/c1-8(2)12(3)10-6-4-5-9(11)7-10/h4-8H,1-3H3. The Morgan fingerprint density at radius 3 is 2.50 bits per heavy atom. The van der Waals surface area contributed by atoms with Crippen LogP contribution in [0.3, 0.4) is 0 Å². The van der Waals surface area contributed by atoms with Crippen molar-refractivity contribution in [3.8, 4) is 0 Å². The minimum absolute atomic E-state index is 0.503. The van der Waals surface area contributed by atoms with Crippen molar-refractivity contribution in [2.24, 2.45) is 0 Å². The van der Waals surface area contributed by atoms with Gasteiger partial charge < -0.3 is 4.90 Å². The molecule has 0 bridgehead atoms. The number of benzene rings is 1. The molecule has 0 atom stereocenters. The van der Waals surface area contributed by atoms with E-state index in [1.54, 1.807) is 0 Å². The molecule has 0 aliphatic heterocycles. The maximum atomic E-state index is 5.87. The number of hydrogen-bond acceptors (Lipinski definition) is 1. The van der Waals surface area contributed by atoms with E-state index in [1.165, 1.54) is 0 Å². The van der Waals surface area contributed by atoms with Crippen LogP contribution in [0.25, 0.3) is 0 Å². The third-order valence-corrected chi connectivity index (χ3v) is 2.23. The Labute approximate surface area is 79.0 Å². The topological polar surface area (TPSA) is 3.24 Å². The van der Waals surface area contributed by atoms with E-state index in [9.17, 15) is 0 Å². The number of nitrogens with zero attached hydrogens (tertiary/aromatic N) is 1. The van der Waals surface area contributed by atoms with Gasteiger partial charge in [0.25, 0.3) is 0 Å². The van der Waals surface area contributed by atoms with E-state index in [0.717, 1.165) is 10.7 Å². The van der Waals surface area contributed by atoms with Gasteiger partial charge >= 0.3 is 0 Å². The molecule has 12 heavy (non-hydrogen) atoms. The molecular weight excluding hydrogens is 170 g/mol. The second-order valence-electron chi connectivity index (χ2n) is 3.18. The van der Waals surface area contributed by atoms with Gasteiger partial charge in [-0.1, -0.05) is 17.7 Å². The Balaban J connectivity index is 2.88. The lowest BCUT2D eigenvalue weighted by atomic mass is 10.2. The first-order valence-corrected chi connectivity index (χ1v) is 4.47. The SMILES string of the molecule is CC(C)N(C)c1cccc(Cl)c1. The van der Waals surface area contributed by atoms with E-state index >= 15 is 0 Å². The molecule has 66 valence electrons. The smallest absolute Gasteiger partial charge is 0.0426 e. The van der Waals surface area contributed by atoms with Crippen LogP contribution in [0.15, 0.2) is 24.3 Å². The normalized spacial score (nSPS) is 10.4. The van der Waals surface area contributed by atoms with Crippen LogP contribution in [0.2, 0.25) is 5.02 Å². The molecule has 0 radical (unpaired) electrons. The molecule has 0 N–H and O–H groups in total. The van der Waals surface area contributed by atoms with Gasteiger partial charge in [-0.05, 0) is 32.0 Å². The summed E-state index contributed by atoms with van der Waals surface area (Å²) in [5, 5.41) is 0.792. The van der Waals surface area contributed by atoms with Gasteiger partial charge in [0.15, 0.2) is 0 Å². The van der Waals surface area contributed by atoms with Crippen molar-refractivity contribution in [1.82, 2.24) is 0 Å². The molecule has 1 rings (SSSR count). The molecule has 0 spiro atoms. The molecule has 0 saturated heterocycles. The van der Waals surface area contributed by atoms with Crippen LogP contribution in [0.4, 0.5) is 5.69 Å². The molecule has 0 fully saturated rings. The monoisotopic (exact) mass is 183 g/mol. The van der Waals surface area contributed by atoms with Crippen molar-refractivity contribution in [2.45, 2.75) is 19.9 Å². The summed E-state index contributed by atoms with van der Waals surface area (Å²) in [4.78, 5) is 2.19. The average Bonchev–Trinajstić information content (AvgIpc) is 2.03. The summed E-state index contributed by atoms with van der Waals surface area (Å²) in [6.07, 6.45) is 0. The predicted octanol–water partition coefficient (Wildman–Crippen LogP) is 3.18. The van der Waals surface area contributed by atoms with Gasteiger partial charge in [0.2, 0.25) is 0 Å². The van der Waals surface area contributed by atoms with E-state index in [2.05, 4.69) is 31.9 Å². The van der Waals surface area contributed by atoms with Crippen LogP contribution in [-0.4, -0.2) is 13.1 Å². The third-order valence-electron chi connectivity index (χ3n) is 1.99. The molecule has 0 heterocycles. The fourth-order valence-electron chi connectivity index (χ4n) is 0.994. The van der Waals surface area contributed by atoms with Crippen LogP contribution < -0.4 is 4.90 Å². The summed E-state index contributed by atoms with van der Waals surface area (Å²) in [6, 6.07) is 8.40. The molecule has 0 unspecified atom stereocenters. The molecule has 0 saturated carbocycles. The van der Waals surface area contributed by atoms with Gasteiger partial charge in [0, 0.05) is 23.8 Å². The Hall–Kier alpha value is -0.690. The lowest BCUT2D eigenvalue weighted by Gasteiger charge is -2.23. The molecule has 1 nitrogen and oxygen atoms in total. The van der Waals surface area contributed by atoms with E-state index in [-0.39, 0.29) is 0 Å². The van der Waals surface area contributed by atoms with E-state index in [4.69, 9.17) is 11.6 Å². The largest absolute Gasteiger partial charge is 0.372 e. The zero-order chi connectivity index (χ0) is 9.14. The average molecular weight is 184 g/mol. The van der Waals surface area contributed by atoms with Gasteiger partial charge in [0.05, 0.1) is 0 Å². The first-order valence-electron chi connectivity index (χ1n) is 4.09. The van der Waals surface area contributed by atoms with Crippen molar-refractivity contribution in [2.75, 3.05) is 11.9 Å². The molecule has 0 amide bonds. The van der Waals surface area contributed by atoms with Crippen molar-refractivity contribution in [1.29, 1.82) is 0 Å². The summed E-state index contributed by atoms with van der Waals surface area (Å²) in [5.74, 6) is 0. The minimum atomic E-state index is 0.503. The highest BCUT2D eigenvalue weighted by Gasteiger charge is 2.03. The fourth-order valence-corrected chi connectivity index (χ4v) is 1.18. The highest BCUT2D eigenvalue weighted by Crippen LogP contribution is 2.19. The highest BCUT2D eigenvalue weighted by atomic mass is 35.5. The first-order chi connectivity index (χ1) is 5.61. The second kappa shape index (κ2) is 3.81. The summed E-state index contributed by atoms with van der Waals surface area (Å²) < 4.78 is 0. The molecule has 1 aromatic rings. The maximum Gasteiger partial charge on any atom is 0.0426 e. The second-order valence-corrected chi connectivity index (χ2v) is 3.62. The number of anilines is 1. The van der Waals surface area contributed by atoms with Gasteiger partial charge in [-0.3, -0.25) is 0 Å².